The molecule has 5 heteroatoms. The van der Waals surface area contributed by atoms with Crippen LogP contribution in [-0.4, -0.2) is 43.6 Å². The topological polar surface area (TPSA) is 41.6 Å². The molecular weight excluding hydrogens is 312 g/mol. The predicted octanol–water partition coefficient (Wildman–Crippen LogP) is 3.52. The predicted molar refractivity (Wildman–Crippen MR) is 94.6 cm³/mol. The van der Waals surface area contributed by atoms with Gasteiger partial charge >= 0.3 is 0 Å². The Morgan fingerprint density at radius 3 is 2.87 bits per heavy atom. The molecular formula is C18H27ClN2O2. The minimum Gasteiger partial charge on any atom is -0.494 e. The monoisotopic (exact) mass is 338 g/mol. The van der Waals surface area contributed by atoms with E-state index in [9.17, 15) is 4.79 Å². The van der Waals surface area contributed by atoms with Crippen LogP contribution in [-0.2, 0) is 6.42 Å². The molecule has 0 aromatic heterocycles. The van der Waals surface area contributed by atoms with E-state index < -0.39 is 0 Å². The van der Waals surface area contributed by atoms with Crippen LogP contribution in [0.1, 0.15) is 49.0 Å². The smallest absolute Gasteiger partial charge is 0.255 e. The second-order valence-electron chi connectivity index (χ2n) is 6.04. The lowest BCUT2D eigenvalue weighted by molar-refractivity contribution is 0.0938. The summed E-state index contributed by atoms with van der Waals surface area (Å²) in [6, 6.07) is 4.22. The van der Waals surface area contributed by atoms with Crippen molar-refractivity contribution in [1.82, 2.24) is 10.2 Å². The lowest BCUT2D eigenvalue weighted by Gasteiger charge is -2.23. The largest absolute Gasteiger partial charge is 0.494 e. The lowest BCUT2D eigenvalue weighted by atomic mass is 10.0. The van der Waals surface area contributed by atoms with Crippen molar-refractivity contribution in [2.24, 2.45) is 0 Å². The van der Waals surface area contributed by atoms with Gasteiger partial charge in [-0.2, -0.15) is 0 Å². The summed E-state index contributed by atoms with van der Waals surface area (Å²) in [5.74, 6) is 0.354. The first-order valence-electron chi connectivity index (χ1n) is 8.49. The average molecular weight is 339 g/mol. The molecule has 0 spiro atoms. The molecule has 1 aliphatic rings. The van der Waals surface area contributed by atoms with Gasteiger partial charge in [-0.1, -0.05) is 31.9 Å². The number of likely N-dealkylation sites (tertiary alicyclic amines) is 1. The minimum absolute atomic E-state index is 0.107. The van der Waals surface area contributed by atoms with E-state index in [4.69, 9.17) is 16.3 Å². The number of methoxy groups -OCH3 is 1. The molecule has 1 saturated heterocycles. The van der Waals surface area contributed by atoms with E-state index in [-0.39, 0.29) is 5.91 Å². The standard InChI is InChI=1S/C18H27ClN2O2/c1-4-7-13-10-15(17(23-3)16(19)11-13)18(22)20-12-14-8-6-9-21(14)5-2/h10-11,14H,4-9,12H2,1-3H3,(H,20,22). The normalized spacial score (nSPS) is 18.2. The number of nitrogens with zero attached hydrogens (tertiary/aromatic N) is 1. The first kappa shape index (κ1) is 18.1. The molecule has 1 aromatic carbocycles. The van der Waals surface area contributed by atoms with Crippen LogP contribution in [0.5, 0.6) is 5.75 Å². The van der Waals surface area contributed by atoms with Crippen molar-refractivity contribution < 1.29 is 9.53 Å². The Hall–Kier alpha value is -1.26. The number of aryl methyl sites for hydroxylation is 1. The van der Waals surface area contributed by atoms with Gasteiger partial charge in [0.15, 0.2) is 0 Å². The fourth-order valence-electron chi connectivity index (χ4n) is 3.31. The highest BCUT2D eigenvalue weighted by Gasteiger charge is 2.24. The van der Waals surface area contributed by atoms with Gasteiger partial charge in [0.2, 0.25) is 0 Å². The summed E-state index contributed by atoms with van der Waals surface area (Å²) in [6.45, 7) is 7.10. The second kappa shape index (κ2) is 8.55. The summed E-state index contributed by atoms with van der Waals surface area (Å²) >= 11 is 6.27. The van der Waals surface area contributed by atoms with E-state index in [2.05, 4.69) is 24.1 Å². The maximum absolute atomic E-state index is 12.6. The first-order valence-corrected chi connectivity index (χ1v) is 8.87. The number of carbonyl (C=O) groups excluding carboxylic acids is 1. The zero-order chi connectivity index (χ0) is 16.8. The van der Waals surface area contributed by atoms with Gasteiger partial charge in [0, 0.05) is 12.6 Å². The van der Waals surface area contributed by atoms with Gasteiger partial charge in [0.1, 0.15) is 5.75 Å². The van der Waals surface area contributed by atoms with Crippen molar-refractivity contribution >= 4 is 17.5 Å². The Morgan fingerprint density at radius 2 is 2.22 bits per heavy atom. The van der Waals surface area contributed by atoms with E-state index in [0.717, 1.165) is 37.9 Å². The molecule has 4 nitrogen and oxygen atoms in total. The average Bonchev–Trinajstić information content (AvgIpc) is 3.00. The molecule has 23 heavy (non-hydrogen) atoms. The van der Waals surface area contributed by atoms with E-state index in [1.54, 1.807) is 7.11 Å². The quantitative estimate of drug-likeness (QED) is 0.827. The van der Waals surface area contributed by atoms with E-state index in [1.165, 1.54) is 6.42 Å². The summed E-state index contributed by atoms with van der Waals surface area (Å²) < 4.78 is 5.34. The number of benzene rings is 1. The third-order valence-electron chi connectivity index (χ3n) is 4.49. The van der Waals surface area contributed by atoms with Crippen LogP contribution in [0.3, 0.4) is 0 Å². The molecule has 1 heterocycles. The van der Waals surface area contributed by atoms with Crippen LogP contribution < -0.4 is 10.1 Å². The summed E-state index contributed by atoms with van der Waals surface area (Å²) in [6.07, 6.45) is 4.25. The summed E-state index contributed by atoms with van der Waals surface area (Å²) in [5.41, 5.74) is 1.60. The molecule has 1 atom stereocenters. The number of carbonyl (C=O) groups is 1. The van der Waals surface area contributed by atoms with Crippen LogP contribution >= 0.6 is 11.6 Å². The van der Waals surface area contributed by atoms with Crippen LogP contribution in [0, 0.1) is 0 Å². The second-order valence-corrected chi connectivity index (χ2v) is 6.45. The molecule has 1 aromatic rings. The Kier molecular flexibility index (Phi) is 6.72. The van der Waals surface area contributed by atoms with Gasteiger partial charge in [0.05, 0.1) is 17.7 Å². The number of likely N-dealkylation sites (N-methyl/N-ethyl adjacent to an activating group) is 1. The molecule has 128 valence electrons. The Morgan fingerprint density at radius 1 is 1.43 bits per heavy atom. The molecule has 0 radical (unpaired) electrons. The van der Waals surface area contributed by atoms with Crippen LogP contribution in [0.15, 0.2) is 12.1 Å². The number of nitrogens with one attached hydrogen (secondary N) is 1. The molecule has 0 aliphatic carbocycles. The Labute approximate surface area is 144 Å². The van der Waals surface area contributed by atoms with Crippen molar-refractivity contribution in [2.75, 3.05) is 26.7 Å². The van der Waals surface area contributed by atoms with Crippen LogP contribution in [0.25, 0.3) is 0 Å². The zero-order valence-electron chi connectivity index (χ0n) is 14.3. The maximum atomic E-state index is 12.6. The number of amides is 1. The van der Waals surface area contributed by atoms with Gasteiger partial charge in [0.25, 0.3) is 5.91 Å². The fourth-order valence-corrected chi connectivity index (χ4v) is 3.63. The molecule has 0 saturated carbocycles. The van der Waals surface area contributed by atoms with Gasteiger partial charge in [-0.25, -0.2) is 0 Å². The molecule has 0 bridgehead atoms. The minimum atomic E-state index is -0.107. The zero-order valence-corrected chi connectivity index (χ0v) is 15.1. The highest BCUT2D eigenvalue weighted by molar-refractivity contribution is 6.32. The van der Waals surface area contributed by atoms with Gasteiger partial charge in [-0.3, -0.25) is 9.69 Å². The van der Waals surface area contributed by atoms with Gasteiger partial charge < -0.3 is 10.1 Å². The van der Waals surface area contributed by atoms with Crippen molar-refractivity contribution in [3.63, 3.8) is 0 Å². The fraction of sp³-hybridized carbons (Fsp3) is 0.611. The van der Waals surface area contributed by atoms with Crippen molar-refractivity contribution in [3.05, 3.63) is 28.3 Å². The Balaban J connectivity index is 2.11. The molecule has 1 N–H and O–H groups in total. The number of rotatable bonds is 7. The number of hydrogen-bond acceptors (Lipinski definition) is 3. The van der Waals surface area contributed by atoms with Crippen molar-refractivity contribution in [1.29, 1.82) is 0 Å². The number of hydrogen-bond donors (Lipinski definition) is 1. The van der Waals surface area contributed by atoms with E-state index in [1.807, 2.05) is 12.1 Å². The lowest BCUT2D eigenvalue weighted by Crippen LogP contribution is -2.40. The van der Waals surface area contributed by atoms with Gasteiger partial charge in [-0.15, -0.1) is 0 Å². The van der Waals surface area contributed by atoms with E-state index >= 15 is 0 Å². The highest BCUT2D eigenvalue weighted by atomic mass is 35.5. The first-order chi connectivity index (χ1) is 11.1. The van der Waals surface area contributed by atoms with Crippen LogP contribution in [0.2, 0.25) is 5.02 Å². The summed E-state index contributed by atoms with van der Waals surface area (Å²) in [5, 5.41) is 3.56. The maximum Gasteiger partial charge on any atom is 0.255 e. The van der Waals surface area contributed by atoms with Crippen molar-refractivity contribution in [3.8, 4) is 5.75 Å². The van der Waals surface area contributed by atoms with E-state index in [0.29, 0.717) is 28.9 Å². The van der Waals surface area contributed by atoms with Gasteiger partial charge in [-0.05, 0) is 50.0 Å². The molecule has 1 fully saturated rings. The molecule has 1 aliphatic heterocycles. The summed E-state index contributed by atoms with van der Waals surface area (Å²) in [4.78, 5) is 15.0. The summed E-state index contributed by atoms with van der Waals surface area (Å²) in [7, 11) is 1.55. The highest BCUT2D eigenvalue weighted by Crippen LogP contribution is 2.30. The third kappa shape index (κ3) is 4.39. The Bertz CT molecular complexity index is 548. The third-order valence-corrected chi connectivity index (χ3v) is 4.78. The number of ether oxygens (including phenoxy) is 1. The van der Waals surface area contributed by atoms with Crippen molar-refractivity contribution in [2.45, 2.75) is 45.6 Å². The molecule has 1 unspecified atom stereocenters. The van der Waals surface area contributed by atoms with Crippen LogP contribution in [0.4, 0.5) is 0 Å². The SMILES string of the molecule is CCCc1cc(Cl)c(OC)c(C(=O)NCC2CCCN2CC)c1. The molecule has 2 rings (SSSR count). The number of halogens is 1. The molecule has 1 amide bonds.